The summed E-state index contributed by atoms with van der Waals surface area (Å²) in [5.41, 5.74) is 4.58. The van der Waals surface area contributed by atoms with Gasteiger partial charge in [0.2, 0.25) is 0 Å². The van der Waals surface area contributed by atoms with E-state index in [-0.39, 0.29) is 0 Å². The van der Waals surface area contributed by atoms with Crippen LogP contribution in [0.5, 0.6) is 5.75 Å². The van der Waals surface area contributed by atoms with Crippen molar-refractivity contribution in [2.45, 2.75) is 13.8 Å². The molecule has 0 aliphatic heterocycles. The third-order valence-electron chi connectivity index (χ3n) is 2.77. The first-order valence-electron chi connectivity index (χ1n) is 5.68. The van der Waals surface area contributed by atoms with Crippen molar-refractivity contribution < 1.29 is 4.74 Å². The van der Waals surface area contributed by atoms with E-state index in [2.05, 4.69) is 37.4 Å². The summed E-state index contributed by atoms with van der Waals surface area (Å²) in [7, 11) is 1.68. The molecule has 88 valence electrons. The molecule has 0 fully saturated rings. The molecule has 0 heterocycles. The van der Waals surface area contributed by atoms with Crippen LogP contribution >= 0.6 is 0 Å². The van der Waals surface area contributed by atoms with Crippen molar-refractivity contribution in [1.82, 2.24) is 0 Å². The van der Waals surface area contributed by atoms with Gasteiger partial charge in [0.25, 0.3) is 0 Å². The molecule has 0 aliphatic rings. The standard InChI is InChI=1S/C15H17NO/c1-11-8-9-12(2)14(10-11)16-13-6-4-5-7-15(13)17-3/h4-10,16H,1-3H3. The summed E-state index contributed by atoms with van der Waals surface area (Å²) in [6.07, 6.45) is 0. The van der Waals surface area contributed by atoms with Gasteiger partial charge in [0.1, 0.15) is 5.75 Å². The first kappa shape index (κ1) is 11.5. The number of anilines is 2. The van der Waals surface area contributed by atoms with E-state index in [1.807, 2.05) is 24.3 Å². The molecule has 0 saturated carbocycles. The van der Waals surface area contributed by atoms with E-state index in [0.717, 1.165) is 17.1 Å². The van der Waals surface area contributed by atoms with Crippen LogP contribution in [-0.2, 0) is 0 Å². The molecular weight excluding hydrogens is 210 g/mol. The Bertz CT molecular complexity index is 520. The Kier molecular flexibility index (Phi) is 3.33. The van der Waals surface area contributed by atoms with Crippen molar-refractivity contribution >= 4 is 11.4 Å². The lowest BCUT2D eigenvalue weighted by atomic mass is 10.1. The second kappa shape index (κ2) is 4.91. The smallest absolute Gasteiger partial charge is 0.142 e. The summed E-state index contributed by atoms with van der Waals surface area (Å²) in [6.45, 7) is 4.18. The highest BCUT2D eigenvalue weighted by molar-refractivity contribution is 5.68. The van der Waals surface area contributed by atoms with Crippen LogP contribution in [0.25, 0.3) is 0 Å². The second-order valence-corrected chi connectivity index (χ2v) is 4.14. The molecule has 0 bridgehead atoms. The minimum Gasteiger partial charge on any atom is -0.495 e. The van der Waals surface area contributed by atoms with Gasteiger partial charge in [-0.25, -0.2) is 0 Å². The topological polar surface area (TPSA) is 21.3 Å². The molecule has 2 aromatic carbocycles. The minimum absolute atomic E-state index is 0.855. The summed E-state index contributed by atoms with van der Waals surface area (Å²) >= 11 is 0. The van der Waals surface area contributed by atoms with Gasteiger partial charge in [-0.05, 0) is 43.2 Å². The monoisotopic (exact) mass is 227 g/mol. The molecule has 17 heavy (non-hydrogen) atoms. The number of methoxy groups -OCH3 is 1. The highest BCUT2D eigenvalue weighted by Gasteiger charge is 2.03. The number of para-hydroxylation sites is 2. The van der Waals surface area contributed by atoms with E-state index in [9.17, 15) is 0 Å². The Morgan fingerprint density at radius 1 is 0.941 bits per heavy atom. The van der Waals surface area contributed by atoms with Crippen LogP contribution in [0.4, 0.5) is 11.4 Å². The molecule has 0 spiro atoms. The average molecular weight is 227 g/mol. The van der Waals surface area contributed by atoms with Crippen LogP contribution in [0.2, 0.25) is 0 Å². The lowest BCUT2D eigenvalue weighted by molar-refractivity contribution is 0.417. The average Bonchev–Trinajstić information content (AvgIpc) is 2.34. The summed E-state index contributed by atoms with van der Waals surface area (Å²) < 4.78 is 5.33. The molecule has 2 aromatic rings. The van der Waals surface area contributed by atoms with Gasteiger partial charge in [-0.3, -0.25) is 0 Å². The number of nitrogens with one attached hydrogen (secondary N) is 1. The fraction of sp³-hybridized carbons (Fsp3) is 0.200. The van der Waals surface area contributed by atoms with E-state index in [0.29, 0.717) is 0 Å². The SMILES string of the molecule is COc1ccccc1Nc1cc(C)ccc1C. The van der Waals surface area contributed by atoms with Crippen molar-refractivity contribution in [3.8, 4) is 5.75 Å². The predicted molar refractivity (Wildman–Crippen MR) is 72.2 cm³/mol. The lowest BCUT2D eigenvalue weighted by Crippen LogP contribution is -1.96. The van der Waals surface area contributed by atoms with Gasteiger partial charge in [-0.1, -0.05) is 24.3 Å². The van der Waals surface area contributed by atoms with Crippen molar-refractivity contribution in [1.29, 1.82) is 0 Å². The largest absolute Gasteiger partial charge is 0.495 e. The summed E-state index contributed by atoms with van der Waals surface area (Å²) in [5.74, 6) is 0.855. The maximum atomic E-state index is 5.33. The molecule has 2 nitrogen and oxygen atoms in total. The van der Waals surface area contributed by atoms with Gasteiger partial charge in [0.15, 0.2) is 0 Å². The first-order chi connectivity index (χ1) is 8.20. The number of hydrogen-bond acceptors (Lipinski definition) is 2. The van der Waals surface area contributed by atoms with Crippen molar-refractivity contribution in [3.05, 3.63) is 53.6 Å². The summed E-state index contributed by atoms with van der Waals surface area (Å²) in [6, 6.07) is 14.3. The number of hydrogen-bond donors (Lipinski definition) is 1. The van der Waals surface area contributed by atoms with E-state index < -0.39 is 0 Å². The van der Waals surface area contributed by atoms with Crippen molar-refractivity contribution in [2.24, 2.45) is 0 Å². The van der Waals surface area contributed by atoms with E-state index >= 15 is 0 Å². The molecular formula is C15H17NO. The summed E-state index contributed by atoms with van der Waals surface area (Å²) in [5, 5.41) is 3.41. The molecule has 0 atom stereocenters. The van der Waals surface area contributed by atoms with E-state index in [1.54, 1.807) is 7.11 Å². The molecule has 0 amide bonds. The Morgan fingerprint density at radius 3 is 2.47 bits per heavy atom. The molecule has 2 heteroatoms. The van der Waals surface area contributed by atoms with Gasteiger partial charge in [0.05, 0.1) is 12.8 Å². The molecule has 0 aliphatic carbocycles. The van der Waals surface area contributed by atoms with E-state index in [1.165, 1.54) is 11.1 Å². The second-order valence-electron chi connectivity index (χ2n) is 4.14. The van der Waals surface area contributed by atoms with Crippen LogP contribution in [0.15, 0.2) is 42.5 Å². The Hall–Kier alpha value is -1.96. The predicted octanol–water partition coefficient (Wildman–Crippen LogP) is 4.06. The van der Waals surface area contributed by atoms with Crippen LogP contribution in [0.1, 0.15) is 11.1 Å². The van der Waals surface area contributed by atoms with Crippen molar-refractivity contribution in [2.75, 3.05) is 12.4 Å². The Morgan fingerprint density at radius 2 is 1.71 bits per heavy atom. The normalized spacial score (nSPS) is 10.1. The third-order valence-corrected chi connectivity index (χ3v) is 2.77. The molecule has 2 rings (SSSR count). The highest BCUT2D eigenvalue weighted by atomic mass is 16.5. The zero-order valence-corrected chi connectivity index (χ0v) is 10.4. The molecule has 0 aromatic heterocycles. The third kappa shape index (κ3) is 2.59. The highest BCUT2D eigenvalue weighted by Crippen LogP contribution is 2.28. The lowest BCUT2D eigenvalue weighted by Gasteiger charge is -2.13. The molecule has 1 N–H and O–H groups in total. The quantitative estimate of drug-likeness (QED) is 0.853. The molecule has 0 radical (unpaired) electrons. The van der Waals surface area contributed by atoms with Gasteiger partial charge < -0.3 is 10.1 Å². The van der Waals surface area contributed by atoms with Gasteiger partial charge in [0, 0.05) is 5.69 Å². The van der Waals surface area contributed by atoms with Crippen LogP contribution in [-0.4, -0.2) is 7.11 Å². The van der Waals surface area contributed by atoms with Crippen LogP contribution in [0, 0.1) is 13.8 Å². The number of benzene rings is 2. The number of rotatable bonds is 3. The number of ether oxygens (including phenoxy) is 1. The van der Waals surface area contributed by atoms with Gasteiger partial charge in [-0.15, -0.1) is 0 Å². The van der Waals surface area contributed by atoms with Crippen LogP contribution in [0.3, 0.4) is 0 Å². The number of aryl methyl sites for hydroxylation is 2. The zero-order valence-electron chi connectivity index (χ0n) is 10.4. The molecule has 0 unspecified atom stereocenters. The summed E-state index contributed by atoms with van der Waals surface area (Å²) in [4.78, 5) is 0. The van der Waals surface area contributed by atoms with Gasteiger partial charge in [-0.2, -0.15) is 0 Å². The fourth-order valence-corrected chi connectivity index (χ4v) is 1.76. The maximum absolute atomic E-state index is 5.33. The fourth-order valence-electron chi connectivity index (χ4n) is 1.76. The zero-order chi connectivity index (χ0) is 12.3. The van der Waals surface area contributed by atoms with Crippen LogP contribution < -0.4 is 10.1 Å². The van der Waals surface area contributed by atoms with Gasteiger partial charge >= 0.3 is 0 Å². The maximum Gasteiger partial charge on any atom is 0.142 e. The first-order valence-corrected chi connectivity index (χ1v) is 5.68. The Balaban J connectivity index is 2.34. The Labute approximate surface area is 102 Å². The minimum atomic E-state index is 0.855. The van der Waals surface area contributed by atoms with Crippen molar-refractivity contribution in [3.63, 3.8) is 0 Å². The van der Waals surface area contributed by atoms with E-state index in [4.69, 9.17) is 4.74 Å². The molecule has 0 saturated heterocycles.